The van der Waals surface area contributed by atoms with Crippen LogP contribution in [-0.2, 0) is 19.5 Å². The number of hydrogen-bond donors (Lipinski definition) is 0. The van der Waals surface area contributed by atoms with E-state index in [1.165, 1.54) is 30.5 Å². The van der Waals surface area contributed by atoms with E-state index >= 15 is 0 Å². The van der Waals surface area contributed by atoms with Gasteiger partial charge in [-0.3, -0.25) is 0 Å². The largest absolute Gasteiger partial charge is 2.00 e. The van der Waals surface area contributed by atoms with Gasteiger partial charge in [0.05, 0.1) is 5.69 Å². The molecule has 0 radical (unpaired) electrons. The Hall–Kier alpha value is -1.62. The summed E-state index contributed by atoms with van der Waals surface area (Å²) in [6.45, 7) is 0. The molecule has 1 heterocycles. The van der Waals surface area contributed by atoms with E-state index in [9.17, 15) is 9.18 Å². The summed E-state index contributed by atoms with van der Waals surface area (Å²) < 4.78 is 12.5. The molecule has 1 aromatic heterocycles. The third-order valence-electron chi connectivity index (χ3n) is 1.66. The second kappa shape index (κ2) is 5.46. The zero-order valence-corrected chi connectivity index (χ0v) is 11.1. The third-order valence-corrected chi connectivity index (χ3v) is 1.66. The van der Waals surface area contributed by atoms with Crippen LogP contribution in [0.25, 0.3) is 5.32 Å². The Bertz CT molecular complexity index is 457. The second-order valence-electron chi connectivity index (χ2n) is 2.71. The average Bonchev–Trinajstić information content (AvgIpc) is 2.74. The van der Waals surface area contributed by atoms with Crippen LogP contribution in [-0.4, -0.2) is 16.1 Å². The molecule has 0 saturated carbocycles. The SMILES string of the molecule is O=C([N-]c1ccc(F)cc1)c1cn[n-]n1.[Zn+2]. The first-order valence-electron chi connectivity index (χ1n) is 4.08. The number of nitrogens with zero attached hydrogens (tertiary/aromatic N) is 4. The summed E-state index contributed by atoms with van der Waals surface area (Å²) in [6, 6.07) is 5.25. The van der Waals surface area contributed by atoms with Crippen molar-refractivity contribution in [3.05, 3.63) is 47.3 Å². The van der Waals surface area contributed by atoms with Gasteiger partial charge >= 0.3 is 19.5 Å². The molecular formula is C9H5FN4OZn. The van der Waals surface area contributed by atoms with E-state index < -0.39 is 5.91 Å². The van der Waals surface area contributed by atoms with E-state index in [1.54, 1.807) is 0 Å². The summed E-state index contributed by atoms with van der Waals surface area (Å²) in [6.07, 6.45) is 1.22. The number of hydrogen-bond acceptors (Lipinski definition) is 3. The van der Waals surface area contributed by atoms with Crippen LogP contribution in [0.3, 0.4) is 0 Å². The van der Waals surface area contributed by atoms with E-state index in [1.807, 2.05) is 0 Å². The molecule has 1 aromatic carbocycles. The van der Waals surface area contributed by atoms with Gasteiger partial charge in [0.25, 0.3) is 0 Å². The molecule has 0 fully saturated rings. The number of aromatic nitrogens is 3. The van der Waals surface area contributed by atoms with Gasteiger partial charge < -0.3 is 25.5 Å². The van der Waals surface area contributed by atoms with Gasteiger partial charge in [-0.1, -0.05) is 12.1 Å². The molecule has 0 N–H and O–H groups in total. The van der Waals surface area contributed by atoms with Crippen molar-refractivity contribution in [2.45, 2.75) is 0 Å². The molecule has 16 heavy (non-hydrogen) atoms. The Morgan fingerprint density at radius 3 is 2.56 bits per heavy atom. The molecule has 2 aromatic rings. The smallest absolute Gasteiger partial charge is 0.621 e. The monoisotopic (exact) mass is 268 g/mol. The number of carbonyl (C=O) groups excluding carboxylic acids is 1. The fourth-order valence-corrected chi connectivity index (χ4v) is 0.968. The Labute approximate surface area is 103 Å². The van der Waals surface area contributed by atoms with Crippen LogP contribution in [0, 0.1) is 5.82 Å². The fraction of sp³-hybridized carbons (Fsp3) is 0. The molecule has 0 atom stereocenters. The van der Waals surface area contributed by atoms with Crippen molar-refractivity contribution in [2.24, 2.45) is 0 Å². The van der Waals surface area contributed by atoms with Crippen molar-refractivity contribution in [1.29, 1.82) is 0 Å². The van der Waals surface area contributed by atoms with Crippen LogP contribution in [0.4, 0.5) is 10.1 Å². The minimum Gasteiger partial charge on any atom is -0.621 e. The number of rotatable bonds is 2. The van der Waals surface area contributed by atoms with Crippen LogP contribution in [0.5, 0.6) is 0 Å². The zero-order valence-electron chi connectivity index (χ0n) is 8.17. The van der Waals surface area contributed by atoms with Gasteiger partial charge in [0.1, 0.15) is 11.7 Å². The third kappa shape index (κ3) is 2.93. The maximum Gasteiger partial charge on any atom is 2.00 e. The van der Waals surface area contributed by atoms with E-state index in [-0.39, 0.29) is 31.0 Å². The van der Waals surface area contributed by atoms with Gasteiger partial charge in [-0.2, -0.15) is 0 Å². The van der Waals surface area contributed by atoms with Crippen LogP contribution in [0.15, 0.2) is 30.5 Å². The predicted molar refractivity (Wildman–Crippen MR) is 49.1 cm³/mol. The maximum atomic E-state index is 12.5. The van der Waals surface area contributed by atoms with Gasteiger partial charge in [0.2, 0.25) is 0 Å². The molecular weight excluding hydrogens is 265 g/mol. The number of halogens is 1. The second-order valence-corrected chi connectivity index (χ2v) is 2.71. The molecule has 7 heteroatoms. The average molecular weight is 270 g/mol. The van der Waals surface area contributed by atoms with Crippen molar-refractivity contribution in [3.63, 3.8) is 0 Å². The fourth-order valence-electron chi connectivity index (χ4n) is 0.968. The predicted octanol–water partition coefficient (Wildman–Crippen LogP) is 1.42. The number of amides is 1. The standard InChI is InChI=1S/C9H6FN4O.Zn/c10-6-1-3-7(4-2-6)12-9(15)8-5-11-14-13-8;/h1-5H,(H-,11,12,13,14,15);/q-1;+2/p-1. The van der Waals surface area contributed by atoms with E-state index in [0.29, 0.717) is 5.69 Å². The zero-order chi connectivity index (χ0) is 10.7. The van der Waals surface area contributed by atoms with Crippen LogP contribution >= 0.6 is 0 Å². The molecule has 76 valence electrons. The van der Waals surface area contributed by atoms with Crippen LogP contribution in [0.1, 0.15) is 10.5 Å². The minimum atomic E-state index is -0.549. The normalized spacial score (nSPS) is 9.31. The van der Waals surface area contributed by atoms with Gasteiger partial charge in [-0.25, -0.2) is 4.39 Å². The quantitative estimate of drug-likeness (QED) is 0.773. The summed E-state index contributed by atoms with van der Waals surface area (Å²) >= 11 is 0. The van der Waals surface area contributed by atoms with Crippen molar-refractivity contribution in [2.75, 3.05) is 0 Å². The Kier molecular flexibility index (Phi) is 4.25. The van der Waals surface area contributed by atoms with E-state index in [2.05, 4.69) is 20.7 Å². The molecule has 0 bridgehead atoms. The first kappa shape index (κ1) is 12.5. The minimum absolute atomic E-state index is 0. The molecule has 5 nitrogen and oxygen atoms in total. The molecule has 0 aliphatic carbocycles. The summed E-state index contributed by atoms with van der Waals surface area (Å²) in [5.41, 5.74) is 0.434. The summed E-state index contributed by atoms with van der Waals surface area (Å²) in [7, 11) is 0. The molecule has 0 saturated heterocycles. The summed E-state index contributed by atoms with van der Waals surface area (Å²) in [5, 5.41) is 13.8. The molecule has 0 aliphatic heterocycles. The van der Waals surface area contributed by atoms with Crippen LogP contribution in [0.2, 0.25) is 0 Å². The van der Waals surface area contributed by atoms with Crippen molar-refractivity contribution in [1.82, 2.24) is 15.4 Å². The first-order valence-corrected chi connectivity index (χ1v) is 4.08. The van der Waals surface area contributed by atoms with Gasteiger partial charge in [0, 0.05) is 6.20 Å². The van der Waals surface area contributed by atoms with Crippen molar-refractivity contribution >= 4 is 11.6 Å². The molecule has 0 unspecified atom stereocenters. The molecule has 0 aliphatic rings. The Balaban J connectivity index is 0.00000128. The topological polar surface area (TPSA) is 71.1 Å². The van der Waals surface area contributed by atoms with E-state index in [4.69, 9.17) is 0 Å². The number of carbonyl (C=O) groups is 1. The van der Waals surface area contributed by atoms with Crippen molar-refractivity contribution < 1.29 is 28.7 Å². The molecule has 1 amide bonds. The van der Waals surface area contributed by atoms with E-state index in [0.717, 1.165) is 0 Å². The first-order chi connectivity index (χ1) is 7.25. The van der Waals surface area contributed by atoms with Crippen molar-refractivity contribution in [3.8, 4) is 0 Å². The van der Waals surface area contributed by atoms with Gasteiger partial charge in [0.15, 0.2) is 0 Å². The summed E-state index contributed by atoms with van der Waals surface area (Å²) in [5.74, 6) is -0.928. The number of benzene rings is 1. The maximum absolute atomic E-state index is 12.5. The van der Waals surface area contributed by atoms with Crippen LogP contribution < -0.4 is 5.21 Å². The van der Waals surface area contributed by atoms with Gasteiger partial charge in [-0.15, -0.1) is 5.69 Å². The molecule has 0 spiro atoms. The Morgan fingerprint density at radius 1 is 1.31 bits per heavy atom. The molecule has 2 rings (SSSR count). The summed E-state index contributed by atoms with van der Waals surface area (Å²) in [4.78, 5) is 11.4. The Morgan fingerprint density at radius 2 is 2.00 bits per heavy atom. The van der Waals surface area contributed by atoms with Gasteiger partial charge in [-0.05, 0) is 12.1 Å².